The van der Waals surface area contributed by atoms with E-state index in [0.717, 1.165) is 86.9 Å². The Hall–Kier alpha value is -6.01. The van der Waals surface area contributed by atoms with Gasteiger partial charge in [-0.15, -0.1) is 21.5 Å². The molecule has 4 amide bonds. The lowest BCUT2D eigenvalue weighted by Gasteiger charge is -2.31. The van der Waals surface area contributed by atoms with Crippen molar-refractivity contribution in [3.8, 4) is 22.6 Å². The minimum absolute atomic E-state index is 0.0666. The van der Waals surface area contributed by atoms with Crippen LogP contribution in [0.3, 0.4) is 0 Å². The van der Waals surface area contributed by atoms with Crippen LogP contribution in [0.25, 0.3) is 5.00 Å². The summed E-state index contributed by atoms with van der Waals surface area (Å²) in [6.07, 6.45) is 3.88. The molecule has 4 aliphatic heterocycles. The maximum atomic E-state index is 13.4. The number of benzene rings is 2. The van der Waals surface area contributed by atoms with Gasteiger partial charge in [0.2, 0.25) is 11.8 Å². The lowest BCUT2D eigenvalue weighted by molar-refractivity contribution is -0.136. The Morgan fingerprint density at radius 3 is 2.47 bits per heavy atom. The van der Waals surface area contributed by atoms with Crippen LogP contribution in [0.5, 0.6) is 5.75 Å². The molecule has 9 rings (SSSR count). The topological polar surface area (TPSA) is 152 Å². The fourth-order valence-corrected chi connectivity index (χ4v) is 9.54. The Labute approximate surface area is 349 Å². The van der Waals surface area contributed by atoms with Gasteiger partial charge >= 0.3 is 0 Å². The fourth-order valence-electron chi connectivity index (χ4n) is 8.19. The zero-order valence-corrected chi connectivity index (χ0v) is 34.2. The Morgan fingerprint density at radius 2 is 1.73 bits per heavy atom. The minimum atomic E-state index is -1.02. The summed E-state index contributed by atoms with van der Waals surface area (Å²) in [7, 11) is 0. The van der Waals surface area contributed by atoms with Crippen molar-refractivity contribution in [2.24, 2.45) is 10.9 Å². The first-order chi connectivity index (χ1) is 28.5. The molecular weight excluding hydrogens is 788 g/mol. The number of nitrogens with one attached hydrogen (secondary N) is 1. The van der Waals surface area contributed by atoms with Gasteiger partial charge < -0.3 is 4.74 Å². The van der Waals surface area contributed by atoms with Gasteiger partial charge in [-0.25, -0.2) is 4.98 Å². The van der Waals surface area contributed by atoms with Crippen LogP contribution in [0.2, 0.25) is 5.02 Å². The number of halogens is 1. The summed E-state index contributed by atoms with van der Waals surface area (Å²) in [6, 6.07) is 15.5. The molecule has 0 aliphatic carbocycles. The summed E-state index contributed by atoms with van der Waals surface area (Å²) in [5, 5.41) is 12.7. The van der Waals surface area contributed by atoms with Crippen molar-refractivity contribution in [3.63, 3.8) is 0 Å². The van der Waals surface area contributed by atoms with Crippen molar-refractivity contribution >= 4 is 52.3 Å². The molecule has 2 atom stereocenters. The number of carbonyl (C=O) groups excluding carboxylic acids is 4. The van der Waals surface area contributed by atoms with Crippen LogP contribution in [0.15, 0.2) is 65.8 Å². The monoisotopic (exact) mass is 826 g/mol. The standard InChI is InChI=1S/C44H39ClN8O5S/c1-24-35(59-44-37(24)39(29-8-10-30(45)11-9-29)47-25(2)40-50-49-26(3)52(40)44)15-13-31-12-7-28(21-46-31)22-51-19-17-27(18-20-51)23-58-34-6-4-5-32-38(34)43(57)53(42(32)56)33-14-16-36(54)48-41(33)55/h4-12,21,25,27,33H,14,16-20,22-23H2,1-3H3,(H,48,54,55)/t25-,33?/m0/s1. The second-order valence-electron chi connectivity index (χ2n) is 15.3. The number of thiophene rings is 1. The number of amides is 4. The highest BCUT2D eigenvalue weighted by Crippen LogP contribution is 2.39. The molecule has 1 N–H and O–H groups in total. The van der Waals surface area contributed by atoms with E-state index in [-0.39, 0.29) is 35.9 Å². The minimum Gasteiger partial charge on any atom is -0.492 e. The summed E-state index contributed by atoms with van der Waals surface area (Å²) in [6.45, 7) is 8.98. The van der Waals surface area contributed by atoms with Gasteiger partial charge in [-0.1, -0.05) is 35.9 Å². The van der Waals surface area contributed by atoms with Gasteiger partial charge in [0.1, 0.15) is 34.4 Å². The van der Waals surface area contributed by atoms with Gasteiger partial charge in [-0.3, -0.25) is 43.9 Å². The summed E-state index contributed by atoms with van der Waals surface area (Å²) in [4.78, 5) is 64.9. The van der Waals surface area contributed by atoms with Crippen molar-refractivity contribution in [2.75, 3.05) is 19.7 Å². The number of aryl methyl sites for hydroxylation is 1. The van der Waals surface area contributed by atoms with E-state index in [1.165, 1.54) is 0 Å². The number of carbonyl (C=O) groups is 4. The number of ether oxygens (including phenoxy) is 1. The van der Waals surface area contributed by atoms with Gasteiger partial charge in [0.15, 0.2) is 5.82 Å². The van der Waals surface area contributed by atoms with E-state index >= 15 is 0 Å². The maximum absolute atomic E-state index is 13.4. The van der Waals surface area contributed by atoms with Gasteiger partial charge in [0.25, 0.3) is 11.8 Å². The van der Waals surface area contributed by atoms with Crippen LogP contribution >= 0.6 is 22.9 Å². The molecule has 0 bridgehead atoms. The summed E-state index contributed by atoms with van der Waals surface area (Å²) in [5.74, 6) is 6.71. The number of fused-ring (bicyclic) bond motifs is 4. The van der Waals surface area contributed by atoms with E-state index in [0.29, 0.717) is 23.1 Å². The number of hydrogen-bond donors (Lipinski definition) is 1. The normalized spacial score (nSPS) is 19.3. The third-order valence-corrected chi connectivity index (χ3v) is 12.8. The zero-order chi connectivity index (χ0) is 40.9. The number of nitrogens with zero attached hydrogens (tertiary/aromatic N) is 7. The highest BCUT2D eigenvalue weighted by molar-refractivity contribution is 7.15. The molecule has 2 aromatic carbocycles. The molecule has 0 radical (unpaired) electrons. The Balaban J connectivity index is 0.828. The quantitative estimate of drug-likeness (QED) is 0.154. The van der Waals surface area contributed by atoms with Crippen LogP contribution in [0.4, 0.5) is 0 Å². The molecule has 0 saturated carbocycles. The molecule has 13 nitrogen and oxygen atoms in total. The molecule has 3 aromatic heterocycles. The van der Waals surface area contributed by atoms with Crippen molar-refractivity contribution in [2.45, 2.75) is 65.1 Å². The van der Waals surface area contributed by atoms with E-state index in [9.17, 15) is 19.2 Å². The first-order valence-corrected chi connectivity index (χ1v) is 20.8. The first-order valence-electron chi connectivity index (χ1n) is 19.6. The summed E-state index contributed by atoms with van der Waals surface area (Å²) < 4.78 is 8.28. The van der Waals surface area contributed by atoms with Crippen molar-refractivity contribution in [1.82, 2.24) is 34.9 Å². The Kier molecular flexibility index (Phi) is 10.2. The average molecular weight is 827 g/mol. The molecule has 15 heteroatoms. The molecule has 0 spiro atoms. The fraction of sp³-hybridized carbons (Fsp3) is 0.318. The molecule has 5 aromatic rings. The number of hydrogen-bond acceptors (Lipinski definition) is 11. The lowest BCUT2D eigenvalue weighted by atomic mass is 9.97. The maximum Gasteiger partial charge on any atom is 0.266 e. The van der Waals surface area contributed by atoms with E-state index < -0.39 is 29.7 Å². The Bertz CT molecular complexity index is 2630. The molecule has 2 fully saturated rings. The predicted molar refractivity (Wildman–Crippen MR) is 221 cm³/mol. The predicted octanol–water partition coefficient (Wildman–Crippen LogP) is 6.00. The smallest absolute Gasteiger partial charge is 0.266 e. The van der Waals surface area contributed by atoms with Crippen LogP contribution < -0.4 is 10.1 Å². The van der Waals surface area contributed by atoms with Crippen molar-refractivity contribution < 1.29 is 23.9 Å². The summed E-state index contributed by atoms with van der Waals surface area (Å²) in [5.41, 5.74) is 6.07. The number of rotatable bonds is 7. The molecule has 59 heavy (non-hydrogen) atoms. The third-order valence-electron chi connectivity index (χ3n) is 11.4. The van der Waals surface area contributed by atoms with Crippen LogP contribution in [0, 0.1) is 31.6 Å². The summed E-state index contributed by atoms with van der Waals surface area (Å²) >= 11 is 7.84. The average Bonchev–Trinajstić information content (AvgIpc) is 3.83. The van der Waals surface area contributed by atoms with Crippen molar-refractivity contribution in [1.29, 1.82) is 0 Å². The third kappa shape index (κ3) is 7.24. The number of pyridine rings is 1. The second kappa shape index (κ2) is 15.6. The first kappa shape index (κ1) is 38.5. The number of aromatic nitrogens is 4. The molecule has 7 heterocycles. The molecule has 298 valence electrons. The number of aliphatic imine (C=N–C) groups is 1. The molecule has 1 unspecified atom stereocenters. The highest BCUT2D eigenvalue weighted by Gasteiger charge is 2.46. The molecule has 4 aliphatic rings. The molecule has 2 saturated heterocycles. The van der Waals surface area contributed by atoms with E-state index in [2.05, 4.69) is 49.8 Å². The van der Waals surface area contributed by atoms with Gasteiger partial charge in [-0.2, -0.15) is 0 Å². The largest absolute Gasteiger partial charge is 0.492 e. The van der Waals surface area contributed by atoms with E-state index in [1.807, 2.05) is 50.4 Å². The van der Waals surface area contributed by atoms with Gasteiger partial charge in [-0.05, 0) is 112 Å². The molecular formula is C44H39ClN8O5S. The lowest BCUT2D eigenvalue weighted by Crippen LogP contribution is -2.54. The highest BCUT2D eigenvalue weighted by atomic mass is 35.5. The number of likely N-dealkylation sites (tertiary alicyclic amines) is 1. The van der Waals surface area contributed by atoms with E-state index in [1.54, 1.807) is 29.5 Å². The van der Waals surface area contributed by atoms with Crippen molar-refractivity contribution in [3.05, 3.63) is 121 Å². The second-order valence-corrected chi connectivity index (χ2v) is 16.7. The zero-order valence-electron chi connectivity index (χ0n) is 32.6. The van der Waals surface area contributed by atoms with Crippen LogP contribution in [-0.2, 0) is 16.1 Å². The number of imide groups is 2. The van der Waals surface area contributed by atoms with Crippen LogP contribution in [0.1, 0.15) is 104 Å². The number of piperidine rings is 2. The van der Waals surface area contributed by atoms with Crippen LogP contribution in [-0.4, -0.2) is 84.6 Å². The van der Waals surface area contributed by atoms with Gasteiger partial charge in [0, 0.05) is 35.3 Å². The Morgan fingerprint density at radius 1 is 0.932 bits per heavy atom. The SMILES string of the molecule is Cc1c(C#Cc2ccc(CN3CCC(COc4cccc5c4C(=O)N(C4CCC(=O)NC4=O)C5=O)CC3)cn2)sc2c1C(c1ccc(Cl)cc1)=N[C@@H](C)c1nnc(C)n1-2. The van der Waals surface area contributed by atoms with E-state index in [4.69, 9.17) is 26.3 Å². The van der Waals surface area contributed by atoms with Gasteiger partial charge in [0.05, 0.1) is 28.3 Å².